The van der Waals surface area contributed by atoms with Gasteiger partial charge in [0.15, 0.2) is 11.5 Å². The van der Waals surface area contributed by atoms with Gasteiger partial charge in [0.2, 0.25) is 5.91 Å². The van der Waals surface area contributed by atoms with Gasteiger partial charge >= 0.3 is 6.09 Å². The number of anilines is 1. The van der Waals surface area contributed by atoms with E-state index < -0.39 is 6.09 Å². The number of aliphatic imine (C=N–C) groups is 1. The van der Waals surface area contributed by atoms with E-state index >= 15 is 0 Å². The van der Waals surface area contributed by atoms with Crippen molar-refractivity contribution in [1.82, 2.24) is 5.32 Å². The van der Waals surface area contributed by atoms with Gasteiger partial charge in [0.25, 0.3) is 0 Å². The lowest BCUT2D eigenvalue weighted by atomic mass is 9.76. The number of amides is 2. The smallest absolute Gasteiger partial charge is 0.416 e. The highest BCUT2D eigenvalue weighted by Crippen LogP contribution is 2.38. The number of carbonyl (C=O) groups is 2. The Bertz CT molecular complexity index is 1200. The van der Waals surface area contributed by atoms with Crippen LogP contribution in [0.4, 0.5) is 10.5 Å². The van der Waals surface area contributed by atoms with Crippen LogP contribution < -0.4 is 19.7 Å². The maximum Gasteiger partial charge on any atom is 0.416 e. The molecule has 0 fully saturated rings. The van der Waals surface area contributed by atoms with Crippen LogP contribution in [0.3, 0.4) is 0 Å². The topological polar surface area (TPSA) is 100 Å². The van der Waals surface area contributed by atoms with Gasteiger partial charge in [0, 0.05) is 30.3 Å². The van der Waals surface area contributed by atoms with Crippen LogP contribution in [0.2, 0.25) is 0 Å². The zero-order valence-corrected chi connectivity index (χ0v) is 20.2. The van der Waals surface area contributed by atoms with Gasteiger partial charge in [-0.25, -0.2) is 10.1 Å². The molecule has 1 aliphatic heterocycles. The molecular formula is C26H29N3O5. The Labute approximate surface area is 199 Å². The summed E-state index contributed by atoms with van der Waals surface area (Å²) in [6, 6.07) is 13.9. The summed E-state index contributed by atoms with van der Waals surface area (Å²) >= 11 is 0. The zero-order chi connectivity index (χ0) is 25.0. The first-order chi connectivity index (χ1) is 16.1. The van der Waals surface area contributed by atoms with Crippen molar-refractivity contribution in [3.63, 3.8) is 0 Å². The SMILES string of the molecule is COc1cc2c(cc1OC)N(C)C(=O)CN=C2c1cccc(C(C#CNC(=O)O)C(C)(C)C)c1. The Morgan fingerprint density at radius 3 is 2.47 bits per heavy atom. The predicted molar refractivity (Wildman–Crippen MR) is 131 cm³/mol. The molecule has 0 aromatic heterocycles. The molecule has 1 aliphatic rings. The summed E-state index contributed by atoms with van der Waals surface area (Å²) in [5, 5.41) is 11.0. The third kappa shape index (κ3) is 5.15. The molecule has 0 saturated heterocycles. The molecule has 1 atom stereocenters. The van der Waals surface area contributed by atoms with Crippen LogP contribution in [0.25, 0.3) is 0 Å². The van der Waals surface area contributed by atoms with Crippen LogP contribution >= 0.6 is 0 Å². The number of likely N-dealkylation sites (N-methyl/N-ethyl adjacent to an activating group) is 1. The van der Waals surface area contributed by atoms with Crippen LogP contribution in [-0.4, -0.2) is 50.6 Å². The summed E-state index contributed by atoms with van der Waals surface area (Å²) < 4.78 is 10.9. The Morgan fingerprint density at radius 1 is 1.18 bits per heavy atom. The van der Waals surface area contributed by atoms with E-state index in [4.69, 9.17) is 14.6 Å². The molecule has 0 spiro atoms. The molecule has 178 valence electrons. The van der Waals surface area contributed by atoms with Crippen LogP contribution in [0.5, 0.6) is 11.5 Å². The second kappa shape index (κ2) is 9.87. The van der Waals surface area contributed by atoms with E-state index in [1.807, 2.05) is 51.1 Å². The van der Waals surface area contributed by atoms with Gasteiger partial charge in [0.1, 0.15) is 6.54 Å². The number of carboxylic acid groups (broad SMARTS) is 1. The number of hydrogen-bond donors (Lipinski definition) is 2. The molecule has 8 nitrogen and oxygen atoms in total. The van der Waals surface area contributed by atoms with Gasteiger partial charge in [-0.1, -0.05) is 44.9 Å². The Kier molecular flexibility index (Phi) is 7.16. The molecule has 1 heterocycles. The summed E-state index contributed by atoms with van der Waals surface area (Å²) in [5.41, 5.74) is 3.53. The molecule has 2 aromatic carbocycles. The monoisotopic (exact) mass is 463 g/mol. The molecule has 0 saturated carbocycles. The van der Waals surface area contributed by atoms with Crippen molar-refractivity contribution in [1.29, 1.82) is 0 Å². The highest BCUT2D eigenvalue weighted by atomic mass is 16.5. The normalized spacial score (nSPS) is 14.1. The van der Waals surface area contributed by atoms with Crippen LogP contribution in [0, 0.1) is 17.4 Å². The number of fused-ring (bicyclic) bond motifs is 1. The minimum Gasteiger partial charge on any atom is -0.493 e. The highest BCUT2D eigenvalue weighted by Gasteiger charge is 2.28. The quantitative estimate of drug-likeness (QED) is 0.530. The number of nitrogens with zero attached hydrogens (tertiary/aromatic N) is 2. The molecule has 2 aromatic rings. The van der Waals surface area contributed by atoms with Crippen LogP contribution in [0.1, 0.15) is 43.4 Å². The Morgan fingerprint density at radius 2 is 1.85 bits per heavy atom. The largest absolute Gasteiger partial charge is 0.493 e. The van der Waals surface area contributed by atoms with Gasteiger partial charge in [0.05, 0.1) is 31.5 Å². The first kappa shape index (κ1) is 24.6. The van der Waals surface area contributed by atoms with Gasteiger partial charge in [-0.15, -0.1) is 0 Å². The Balaban J connectivity index is 2.16. The summed E-state index contributed by atoms with van der Waals surface area (Å²) in [6.45, 7) is 6.13. The Hall–Kier alpha value is -3.99. The first-order valence-electron chi connectivity index (χ1n) is 10.7. The number of hydrogen-bond acceptors (Lipinski definition) is 5. The van der Waals surface area contributed by atoms with Crippen molar-refractivity contribution in [3.05, 3.63) is 53.1 Å². The van der Waals surface area contributed by atoms with Crippen LogP contribution in [0.15, 0.2) is 41.4 Å². The van der Waals surface area contributed by atoms with Gasteiger partial charge in [-0.05, 0) is 23.1 Å². The second-order valence-electron chi connectivity index (χ2n) is 8.97. The van der Waals surface area contributed by atoms with Crippen molar-refractivity contribution in [3.8, 4) is 23.5 Å². The average Bonchev–Trinajstić information content (AvgIpc) is 2.91. The fraction of sp³-hybridized carbons (Fsp3) is 0.346. The van der Waals surface area contributed by atoms with E-state index in [0.717, 1.165) is 16.7 Å². The molecule has 2 amide bonds. The van der Waals surface area contributed by atoms with Crippen molar-refractivity contribution in [2.75, 3.05) is 32.7 Å². The lowest BCUT2D eigenvalue weighted by molar-refractivity contribution is -0.116. The number of rotatable bonds is 4. The first-order valence-corrected chi connectivity index (χ1v) is 10.7. The van der Waals surface area contributed by atoms with Crippen molar-refractivity contribution < 1.29 is 24.2 Å². The fourth-order valence-electron chi connectivity index (χ4n) is 3.88. The zero-order valence-electron chi connectivity index (χ0n) is 20.2. The molecule has 0 bridgehead atoms. The lowest BCUT2D eigenvalue weighted by Crippen LogP contribution is -2.27. The molecule has 0 aliphatic carbocycles. The minimum atomic E-state index is -1.20. The molecule has 8 heteroatoms. The van der Waals surface area contributed by atoms with E-state index in [1.54, 1.807) is 32.2 Å². The summed E-state index contributed by atoms with van der Waals surface area (Å²) in [6.07, 6.45) is -1.20. The lowest BCUT2D eigenvalue weighted by Gasteiger charge is -2.27. The number of carbonyl (C=O) groups excluding carboxylic acids is 1. The third-order valence-corrected chi connectivity index (χ3v) is 5.61. The number of nitrogens with one attached hydrogen (secondary N) is 1. The second-order valence-corrected chi connectivity index (χ2v) is 8.97. The standard InChI is InChI=1S/C26H29N3O5/c1-26(2,3)19(10-11-27-25(31)32)16-8-7-9-17(12-16)24-18-13-21(33-5)22(34-6)14-20(18)29(4)23(30)15-28-24/h7-9,12-14,19,27H,15H2,1-6H3,(H,31,32). The summed E-state index contributed by atoms with van der Waals surface area (Å²) in [7, 11) is 4.82. The maximum absolute atomic E-state index is 12.7. The molecule has 34 heavy (non-hydrogen) atoms. The minimum absolute atomic E-state index is 0.000405. The average molecular weight is 464 g/mol. The van der Waals surface area contributed by atoms with Crippen molar-refractivity contribution in [2.24, 2.45) is 10.4 Å². The molecule has 0 radical (unpaired) electrons. The highest BCUT2D eigenvalue weighted by molar-refractivity contribution is 6.20. The van der Waals surface area contributed by atoms with Crippen molar-refractivity contribution >= 4 is 23.4 Å². The van der Waals surface area contributed by atoms with E-state index in [9.17, 15) is 9.59 Å². The van der Waals surface area contributed by atoms with Gasteiger partial charge in [-0.3, -0.25) is 9.79 Å². The van der Waals surface area contributed by atoms with E-state index in [2.05, 4.69) is 22.3 Å². The van der Waals surface area contributed by atoms with E-state index in [1.165, 1.54) is 0 Å². The molecule has 1 unspecified atom stereocenters. The molecular weight excluding hydrogens is 434 g/mol. The molecule has 3 rings (SSSR count). The van der Waals surface area contributed by atoms with E-state index in [0.29, 0.717) is 22.9 Å². The maximum atomic E-state index is 12.7. The van der Waals surface area contributed by atoms with Gasteiger partial charge < -0.3 is 19.5 Å². The number of benzene rings is 2. The molecule has 2 N–H and O–H groups in total. The fourth-order valence-corrected chi connectivity index (χ4v) is 3.88. The summed E-state index contributed by atoms with van der Waals surface area (Å²) in [5.74, 6) is 3.70. The number of methoxy groups -OCH3 is 2. The predicted octanol–water partition coefficient (Wildman–Crippen LogP) is 3.88. The number of ether oxygens (including phenoxy) is 2. The summed E-state index contributed by atoms with van der Waals surface area (Å²) in [4.78, 5) is 29.7. The van der Waals surface area contributed by atoms with Crippen molar-refractivity contribution in [2.45, 2.75) is 26.7 Å². The van der Waals surface area contributed by atoms with Crippen LogP contribution in [-0.2, 0) is 4.79 Å². The number of benzodiazepines with no additional fused rings is 1. The third-order valence-electron chi connectivity index (χ3n) is 5.61. The van der Waals surface area contributed by atoms with E-state index in [-0.39, 0.29) is 23.8 Å². The van der Waals surface area contributed by atoms with Gasteiger partial charge in [-0.2, -0.15) is 0 Å².